The van der Waals surface area contributed by atoms with Crippen molar-refractivity contribution in [2.75, 3.05) is 31.1 Å². The molecule has 6 nitrogen and oxygen atoms in total. The van der Waals surface area contributed by atoms with Crippen molar-refractivity contribution in [3.8, 4) is 0 Å². The Hall–Kier alpha value is -1.60. The molecule has 2 saturated heterocycles. The van der Waals surface area contributed by atoms with E-state index >= 15 is 0 Å². The second-order valence-corrected chi connectivity index (χ2v) is 10.4. The molecule has 0 aromatic heterocycles. The maximum Gasteiger partial charge on any atom is 0.253 e. The molecule has 1 aromatic rings. The number of hydrogen-bond donors (Lipinski definition) is 0. The van der Waals surface area contributed by atoms with Crippen LogP contribution in [0, 0.1) is 5.92 Å². The van der Waals surface area contributed by atoms with E-state index in [-0.39, 0.29) is 35.3 Å². The van der Waals surface area contributed by atoms with E-state index < -0.39 is 9.84 Å². The highest BCUT2D eigenvalue weighted by atomic mass is 35.5. The lowest BCUT2D eigenvalue weighted by Crippen LogP contribution is -2.50. The van der Waals surface area contributed by atoms with Crippen molar-refractivity contribution >= 4 is 33.3 Å². The normalized spacial score (nSPS) is 24.1. The number of hydrogen-bond acceptors (Lipinski definition) is 4. The third kappa shape index (κ3) is 4.87. The van der Waals surface area contributed by atoms with Gasteiger partial charge in [-0.05, 0) is 49.9 Å². The van der Waals surface area contributed by atoms with Crippen molar-refractivity contribution in [2.45, 2.75) is 38.6 Å². The predicted molar refractivity (Wildman–Crippen MR) is 109 cm³/mol. The van der Waals surface area contributed by atoms with Crippen LogP contribution in [0.5, 0.6) is 0 Å². The maximum absolute atomic E-state index is 13.2. The van der Waals surface area contributed by atoms with E-state index in [9.17, 15) is 18.0 Å². The molecule has 2 heterocycles. The molecule has 0 N–H and O–H groups in total. The number of rotatable bonds is 5. The van der Waals surface area contributed by atoms with Crippen LogP contribution in [0.4, 0.5) is 0 Å². The fraction of sp³-hybridized carbons (Fsp3) is 0.600. The number of benzene rings is 1. The molecule has 2 aliphatic heterocycles. The Morgan fingerprint density at radius 1 is 1.21 bits per heavy atom. The number of halogens is 1. The minimum Gasteiger partial charge on any atom is -0.338 e. The van der Waals surface area contributed by atoms with Gasteiger partial charge in [0.05, 0.1) is 17.4 Å². The molecule has 28 heavy (non-hydrogen) atoms. The zero-order chi connectivity index (χ0) is 20.3. The Morgan fingerprint density at radius 3 is 2.54 bits per heavy atom. The number of carbonyl (C=O) groups is 2. The van der Waals surface area contributed by atoms with Crippen LogP contribution in [0.2, 0.25) is 5.02 Å². The Bertz CT molecular complexity index is 825. The standard InChI is InChI=1S/C20H27ClN2O4S/c1-2-10-23(18-9-12-28(26,27)14-18)20(25)16-4-3-11-22(13-16)19(24)15-5-7-17(21)8-6-15/h5-8,16,18H,2-4,9-14H2,1H3/t16-,18-/m0/s1. The highest BCUT2D eigenvalue weighted by Gasteiger charge is 2.38. The molecule has 0 aliphatic carbocycles. The number of carbonyl (C=O) groups excluding carboxylic acids is 2. The molecule has 2 fully saturated rings. The van der Waals surface area contributed by atoms with Crippen molar-refractivity contribution < 1.29 is 18.0 Å². The monoisotopic (exact) mass is 426 g/mol. The predicted octanol–water partition coefficient (Wildman–Crippen LogP) is 2.62. The number of amides is 2. The molecule has 3 rings (SSSR count). The lowest BCUT2D eigenvalue weighted by molar-refractivity contribution is -0.139. The minimum absolute atomic E-state index is 0.0162. The Kier molecular flexibility index (Phi) is 6.65. The lowest BCUT2D eigenvalue weighted by Gasteiger charge is -2.37. The molecule has 0 unspecified atom stereocenters. The molecule has 154 valence electrons. The van der Waals surface area contributed by atoms with E-state index in [1.54, 1.807) is 34.1 Å². The van der Waals surface area contributed by atoms with Gasteiger partial charge in [0, 0.05) is 36.3 Å². The van der Waals surface area contributed by atoms with Crippen LogP contribution in [0.15, 0.2) is 24.3 Å². The Balaban J connectivity index is 1.70. The van der Waals surface area contributed by atoms with E-state index in [1.165, 1.54) is 0 Å². The highest BCUT2D eigenvalue weighted by Crippen LogP contribution is 2.25. The molecular formula is C20H27ClN2O4S. The fourth-order valence-corrected chi connectivity index (χ4v) is 5.96. The molecule has 0 spiro atoms. The first-order valence-electron chi connectivity index (χ1n) is 9.86. The van der Waals surface area contributed by atoms with Gasteiger partial charge in [-0.3, -0.25) is 9.59 Å². The quantitative estimate of drug-likeness (QED) is 0.725. The highest BCUT2D eigenvalue weighted by molar-refractivity contribution is 7.91. The van der Waals surface area contributed by atoms with Crippen LogP contribution >= 0.6 is 11.6 Å². The molecule has 2 aliphatic rings. The second kappa shape index (κ2) is 8.82. The third-order valence-corrected chi connectivity index (χ3v) is 7.55. The van der Waals surface area contributed by atoms with Crippen LogP contribution in [0.3, 0.4) is 0 Å². The number of likely N-dealkylation sites (tertiary alicyclic amines) is 1. The molecule has 1 aromatic carbocycles. The molecular weight excluding hydrogens is 400 g/mol. The van der Waals surface area contributed by atoms with Crippen molar-refractivity contribution in [3.05, 3.63) is 34.9 Å². The van der Waals surface area contributed by atoms with Crippen molar-refractivity contribution in [1.29, 1.82) is 0 Å². The summed E-state index contributed by atoms with van der Waals surface area (Å²) in [7, 11) is -3.06. The lowest BCUT2D eigenvalue weighted by atomic mass is 9.95. The summed E-state index contributed by atoms with van der Waals surface area (Å²) in [6.07, 6.45) is 2.78. The van der Waals surface area contributed by atoms with Crippen molar-refractivity contribution in [1.82, 2.24) is 9.80 Å². The van der Waals surface area contributed by atoms with Gasteiger partial charge < -0.3 is 9.80 Å². The largest absolute Gasteiger partial charge is 0.338 e. The average Bonchev–Trinajstić information content (AvgIpc) is 3.05. The molecule has 0 saturated carbocycles. The summed E-state index contributed by atoms with van der Waals surface area (Å²) in [5.41, 5.74) is 0.560. The van der Waals surface area contributed by atoms with Gasteiger partial charge in [-0.2, -0.15) is 0 Å². The number of nitrogens with zero attached hydrogens (tertiary/aromatic N) is 2. The first kappa shape index (κ1) is 21.1. The maximum atomic E-state index is 13.2. The van der Waals surface area contributed by atoms with Gasteiger partial charge >= 0.3 is 0 Å². The Labute approximate surface area is 171 Å². The summed E-state index contributed by atoms with van der Waals surface area (Å²) in [5.74, 6) is -0.187. The van der Waals surface area contributed by atoms with E-state index in [4.69, 9.17) is 11.6 Å². The van der Waals surface area contributed by atoms with E-state index in [1.807, 2.05) is 6.92 Å². The molecule has 0 bridgehead atoms. The SMILES string of the molecule is CCCN(C(=O)[C@H]1CCCN(C(=O)c2ccc(Cl)cc2)C1)[C@H]1CCS(=O)(=O)C1. The summed E-state index contributed by atoms with van der Waals surface area (Å²) >= 11 is 5.90. The summed E-state index contributed by atoms with van der Waals surface area (Å²) in [6.45, 7) is 3.54. The van der Waals surface area contributed by atoms with E-state index in [2.05, 4.69) is 0 Å². The first-order chi connectivity index (χ1) is 13.3. The molecule has 0 radical (unpaired) electrons. The van der Waals surface area contributed by atoms with Crippen LogP contribution in [-0.4, -0.2) is 67.2 Å². The van der Waals surface area contributed by atoms with Gasteiger partial charge in [-0.25, -0.2) is 8.42 Å². The summed E-state index contributed by atoms with van der Waals surface area (Å²) in [6, 6.07) is 6.53. The first-order valence-corrected chi connectivity index (χ1v) is 12.1. The van der Waals surface area contributed by atoms with Gasteiger partial charge in [0.2, 0.25) is 5.91 Å². The van der Waals surface area contributed by atoms with Crippen LogP contribution in [0.25, 0.3) is 0 Å². The van der Waals surface area contributed by atoms with E-state index in [0.29, 0.717) is 36.6 Å². The van der Waals surface area contributed by atoms with Gasteiger partial charge in [-0.15, -0.1) is 0 Å². The van der Waals surface area contributed by atoms with Crippen molar-refractivity contribution in [2.24, 2.45) is 5.92 Å². The fourth-order valence-electron chi connectivity index (χ4n) is 4.11. The van der Waals surface area contributed by atoms with Crippen LogP contribution in [0.1, 0.15) is 43.0 Å². The zero-order valence-corrected chi connectivity index (χ0v) is 17.7. The summed E-state index contributed by atoms with van der Waals surface area (Å²) in [5, 5.41) is 0.574. The van der Waals surface area contributed by atoms with Gasteiger partial charge in [-0.1, -0.05) is 18.5 Å². The number of sulfone groups is 1. The van der Waals surface area contributed by atoms with Gasteiger partial charge in [0.15, 0.2) is 9.84 Å². The van der Waals surface area contributed by atoms with Crippen LogP contribution < -0.4 is 0 Å². The van der Waals surface area contributed by atoms with Crippen molar-refractivity contribution in [3.63, 3.8) is 0 Å². The molecule has 8 heteroatoms. The molecule has 2 amide bonds. The zero-order valence-electron chi connectivity index (χ0n) is 16.1. The third-order valence-electron chi connectivity index (χ3n) is 5.55. The molecule has 2 atom stereocenters. The second-order valence-electron chi connectivity index (χ2n) is 7.69. The minimum atomic E-state index is -3.06. The van der Waals surface area contributed by atoms with E-state index in [0.717, 1.165) is 19.3 Å². The average molecular weight is 427 g/mol. The Morgan fingerprint density at radius 2 is 1.93 bits per heavy atom. The topological polar surface area (TPSA) is 74.8 Å². The van der Waals surface area contributed by atoms with Gasteiger partial charge in [0.1, 0.15) is 0 Å². The smallest absolute Gasteiger partial charge is 0.253 e. The van der Waals surface area contributed by atoms with Gasteiger partial charge in [0.25, 0.3) is 5.91 Å². The summed E-state index contributed by atoms with van der Waals surface area (Å²) in [4.78, 5) is 29.5. The number of piperidine rings is 1. The van der Waals surface area contributed by atoms with Crippen LogP contribution in [-0.2, 0) is 14.6 Å². The summed E-state index contributed by atoms with van der Waals surface area (Å²) < 4.78 is 23.7.